The van der Waals surface area contributed by atoms with Gasteiger partial charge in [-0.2, -0.15) is 11.8 Å². The van der Waals surface area contributed by atoms with Gasteiger partial charge in [-0.05, 0) is 39.4 Å². The molecule has 1 fully saturated rings. The Morgan fingerprint density at radius 3 is 2.76 bits per heavy atom. The molecular weight excluding hydrogens is 236 g/mol. The van der Waals surface area contributed by atoms with E-state index in [0.717, 1.165) is 19.3 Å². The number of carbonyl (C=O) groups is 1. The quantitative estimate of drug-likeness (QED) is 0.621. The minimum Gasteiger partial charge on any atom is -0.456 e. The van der Waals surface area contributed by atoms with Crippen LogP contribution in [-0.2, 0) is 9.53 Å². The van der Waals surface area contributed by atoms with Gasteiger partial charge in [0.15, 0.2) is 0 Å². The fourth-order valence-electron chi connectivity index (χ4n) is 2.25. The van der Waals surface area contributed by atoms with Crippen LogP contribution in [0.25, 0.3) is 0 Å². The van der Waals surface area contributed by atoms with Crippen LogP contribution in [0.1, 0.15) is 33.1 Å². The molecule has 0 heterocycles. The normalized spacial score (nSPS) is 33.2. The van der Waals surface area contributed by atoms with Crippen LogP contribution < -0.4 is 0 Å². The lowest BCUT2D eigenvalue weighted by atomic mass is 9.76. The Kier molecular flexibility index (Phi) is 5.07. The molecule has 0 amide bonds. The average molecular weight is 258 g/mol. The van der Waals surface area contributed by atoms with Gasteiger partial charge >= 0.3 is 5.97 Å². The van der Waals surface area contributed by atoms with Crippen molar-refractivity contribution in [2.24, 2.45) is 5.92 Å². The van der Waals surface area contributed by atoms with Crippen LogP contribution in [-0.4, -0.2) is 34.8 Å². The lowest BCUT2D eigenvalue weighted by Gasteiger charge is -2.42. The number of carbonyl (C=O) groups excluding carboxylic acids is 1. The first-order valence-corrected chi connectivity index (χ1v) is 7.24. The lowest BCUT2D eigenvalue weighted by molar-refractivity contribution is -0.164. The number of aliphatic hydroxyl groups is 1. The largest absolute Gasteiger partial charge is 0.456 e. The third kappa shape index (κ3) is 3.49. The smallest absolute Gasteiger partial charge is 0.333 e. The van der Waals surface area contributed by atoms with E-state index < -0.39 is 5.60 Å². The highest BCUT2D eigenvalue weighted by atomic mass is 32.2. The maximum absolute atomic E-state index is 11.6. The molecule has 0 aromatic heterocycles. The maximum Gasteiger partial charge on any atom is 0.333 e. The van der Waals surface area contributed by atoms with Crippen LogP contribution in [0.5, 0.6) is 0 Å². The van der Waals surface area contributed by atoms with Crippen LogP contribution >= 0.6 is 11.8 Å². The number of rotatable bonds is 4. The molecule has 3 unspecified atom stereocenters. The van der Waals surface area contributed by atoms with Crippen LogP contribution in [0, 0.1) is 5.92 Å². The molecule has 1 rings (SSSR count). The molecule has 0 aromatic rings. The van der Waals surface area contributed by atoms with E-state index >= 15 is 0 Å². The third-order valence-electron chi connectivity index (χ3n) is 3.60. The van der Waals surface area contributed by atoms with Crippen molar-refractivity contribution in [1.82, 2.24) is 0 Å². The predicted octanol–water partition coefficient (Wildman–Crippen LogP) is 2.39. The molecule has 0 spiro atoms. The van der Waals surface area contributed by atoms with Gasteiger partial charge in [-0.3, -0.25) is 0 Å². The molecular formula is C13H22O3S. The molecule has 98 valence electrons. The second-order valence-electron chi connectivity index (χ2n) is 4.99. The van der Waals surface area contributed by atoms with Crippen molar-refractivity contribution in [3.63, 3.8) is 0 Å². The fraction of sp³-hybridized carbons (Fsp3) is 0.769. The molecule has 0 radical (unpaired) electrons. The van der Waals surface area contributed by atoms with Gasteiger partial charge in [0.25, 0.3) is 0 Å². The molecule has 0 saturated heterocycles. The Balaban J connectivity index is 2.73. The molecule has 3 nitrogen and oxygen atoms in total. The second kappa shape index (κ2) is 5.91. The fourth-order valence-corrected chi connectivity index (χ4v) is 3.03. The second-order valence-corrected chi connectivity index (χ2v) is 6.13. The van der Waals surface area contributed by atoms with Crippen molar-refractivity contribution in [2.45, 2.75) is 44.0 Å². The molecule has 1 aliphatic carbocycles. The van der Waals surface area contributed by atoms with E-state index in [-0.39, 0.29) is 18.5 Å². The van der Waals surface area contributed by atoms with Gasteiger partial charge in [0, 0.05) is 23.3 Å². The van der Waals surface area contributed by atoms with E-state index in [2.05, 4.69) is 12.8 Å². The van der Waals surface area contributed by atoms with Gasteiger partial charge in [-0.15, -0.1) is 0 Å². The first kappa shape index (κ1) is 14.6. The van der Waals surface area contributed by atoms with E-state index in [4.69, 9.17) is 4.74 Å². The van der Waals surface area contributed by atoms with E-state index in [0.29, 0.717) is 10.8 Å². The molecule has 0 aliphatic heterocycles. The lowest BCUT2D eigenvalue weighted by Crippen LogP contribution is -2.46. The summed E-state index contributed by atoms with van der Waals surface area (Å²) in [5, 5.41) is 10.0. The van der Waals surface area contributed by atoms with E-state index in [1.807, 2.05) is 18.7 Å². The Labute approximate surface area is 108 Å². The van der Waals surface area contributed by atoms with Gasteiger partial charge in [-0.25, -0.2) is 4.79 Å². The van der Waals surface area contributed by atoms with Crippen LogP contribution in [0.3, 0.4) is 0 Å². The number of ether oxygens (including phenoxy) is 1. The number of esters is 1. The summed E-state index contributed by atoms with van der Waals surface area (Å²) < 4.78 is 5.53. The number of thioether (sulfide) groups is 1. The van der Waals surface area contributed by atoms with Gasteiger partial charge < -0.3 is 9.84 Å². The van der Waals surface area contributed by atoms with Gasteiger partial charge in [0.05, 0.1) is 0 Å². The minimum atomic E-state index is -0.545. The molecule has 1 saturated carbocycles. The van der Waals surface area contributed by atoms with Crippen molar-refractivity contribution >= 4 is 17.7 Å². The standard InChI is InChI=1S/C13H22O3S/c1-9(2)12(15)16-13(3)6-5-11(17-4)7-10(13)8-14/h10-11,14H,1,5-8H2,2-4H3. The summed E-state index contributed by atoms with van der Waals surface area (Å²) in [4.78, 5) is 11.6. The summed E-state index contributed by atoms with van der Waals surface area (Å²) in [5.41, 5.74) is -0.133. The van der Waals surface area contributed by atoms with Crippen LogP contribution in [0.15, 0.2) is 12.2 Å². The van der Waals surface area contributed by atoms with Crippen LogP contribution in [0.2, 0.25) is 0 Å². The van der Waals surface area contributed by atoms with E-state index in [1.54, 1.807) is 6.92 Å². The summed E-state index contributed by atoms with van der Waals surface area (Å²) in [6.45, 7) is 7.23. The molecule has 4 heteroatoms. The molecule has 0 aromatic carbocycles. The van der Waals surface area contributed by atoms with Gasteiger partial charge in [0.2, 0.25) is 0 Å². The summed E-state index contributed by atoms with van der Waals surface area (Å²) in [5.74, 6) is -0.328. The predicted molar refractivity (Wildman–Crippen MR) is 71.0 cm³/mol. The average Bonchev–Trinajstić information content (AvgIpc) is 2.29. The number of hydrogen-bond acceptors (Lipinski definition) is 4. The van der Waals surface area contributed by atoms with Crippen molar-refractivity contribution in [1.29, 1.82) is 0 Å². The Bertz CT molecular complexity index is 303. The third-order valence-corrected chi connectivity index (χ3v) is 4.70. The van der Waals surface area contributed by atoms with Crippen LogP contribution in [0.4, 0.5) is 0 Å². The Morgan fingerprint density at radius 2 is 2.29 bits per heavy atom. The van der Waals surface area contributed by atoms with Gasteiger partial charge in [-0.1, -0.05) is 6.58 Å². The van der Waals surface area contributed by atoms with E-state index in [9.17, 15) is 9.90 Å². The highest BCUT2D eigenvalue weighted by Crippen LogP contribution is 2.40. The number of hydrogen-bond donors (Lipinski definition) is 1. The zero-order chi connectivity index (χ0) is 13.1. The molecule has 17 heavy (non-hydrogen) atoms. The Hall–Kier alpha value is -0.480. The van der Waals surface area contributed by atoms with Crippen molar-refractivity contribution in [2.75, 3.05) is 12.9 Å². The first-order chi connectivity index (χ1) is 7.92. The van der Waals surface area contributed by atoms with Crippen molar-refractivity contribution < 1.29 is 14.6 Å². The first-order valence-electron chi connectivity index (χ1n) is 5.95. The SMILES string of the molecule is C=C(C)C(=O)OC1(C)CCC(SC)CC1CO. The highest BCUT2D eigenvalue weighted by Gasteiger charge is 2.42. The van der Waals surface area contributed by atoms with Crippen molar-refractivity contribution in [3.8, 4) is 0 Å². The van der Waals surface area contributed by atoms with Crippen molar-refractivity contribution in [3.05, 3.63) is 12.2 Å². The topological polar surface area (TPSA) is 46.5 Å². The molecule has 1 N–H and O–H groups in total. The monoisotopic (exact) mass is 258 g/mol. The Morgan fingerprint density at radius 1 is 1.65 bits per heavy atom. The summed E-state index contributed by atoms with van der Waals surface area (Å²) in [6, 6.07) is 0. The minimum absolute atomic E-state index is 0.0250. The summed E-state index contributed by atoms with van der Waals surface area (Å²) >= 11 is 1.82. The summed E-state index contributed by atoms with van der Waals surface area (Å²) in [7, 11) is 0. The molecule has 0 bridgehead atoms. The highest BCUT2D eigenvalue weighted by molar-refractivity contribution is 7.99. The zero-order valence-corrected chi connectivity index (χ0v) is 11.7. The molecule has 1 aliphatic rings. The molecule has 3 atom stereocenters. The zero-order valence-electron chi connectivity index (χ0n) is 10.9. The van der Waals surface area contributed by atoms with Gasteiger partial charge in [0.1, 0.15) is 5.60 Å². The number of aliphatic hydroxyl groups excluding tert-OH is 1. The van der Waals surface area contributed by atoms with E-state index in [1.165, 1.54) is 0 Å². The summed E-state index contributed by atoms with van der Waals surface area (Å²) in [6.07, 6.45) is 4.82. The maximum atomic E-state index is 11.6.